The number of rotatable bonds is 3. The fourth-order valence-electron chi connectivity index (χ4n) is 4.36. The molecule has 0 aliphatic carbocycles. The van der Waals surface area contributed by atoms with Crippen molar-refractivity contribution < 1.29 is 4.57 Å². The third-order valence-corrected chi connectivity index (χ3v) is 6.08. The van der Waals surface area contributed by atoms with E-state index >= 15 is 0 Å². The molecule has 0 spiro atoms. The normalized spacial score (nSPS) is 11.6. The van der Waals surface area contributed by atoms with Gasteiger partial charge < -0.3 is 0 Å². The predicted molar refractivity (Wildman–Crippen MR) is 135 cm³/mol. The Labute approximate surface area is 190 Å². The molecule has 1 heteroatoms. The maximum Gasteiger partial charge on any atom is 0.210 e. The van der Waals surface area contributed by atoms with E-state index in [0.717, 1.165) is 5.69 Å². The van der Waals surface area contributed by atoms with E-state index < -0.39 is 0 Å². The maximum atomic E-state index is 2.36. The van der Waals surface area contributed by atoms with Crippen LogP contribution in [0.15, 0.2) is 116 Å². The summed E-state index contributed by atoms with van der Waals surface area (Å²) in [6.45, 7) is 6.87. The molecule has 1 nitrogen and oxygen atoms in total. The number of fused-ring (bicyclic) bond motifs is 1. The number of hydrogen-bond acceptors (Lipinski definition) is 0. The van der Waals surface area contributed by atoms with E-state index in [1.807, 2.05) is 0 Å². The fourth-order valence-corrected chi connectivity index (χ4v) is 4.36. The van der Waals surface area contributed by atoms with Crippen LogP contribution in [-0.2, 0) is 5.41 Å². The molecule has 1 heterocycles. The van der Waals surface area contributed by atoms with Gasteiger partial charge in [0.25, 0.3) is 0 Å². The molecule has 5 rings (SSSR count). The summed E-state index contributed by atoms with van der Waals surface area (Å²) >= 11 is 0. The number of nitrogens with zero attached hydrogens (tertiary/aromatic N) is 1. The number of pyridine rings is 1. The first kappa shape index (κ1) is 20.2. The summed E-state index contributed by atoms with van der Waals surface area (Å²) in [6, 6.07) is 37.0. The van der Waals surface area contributed by atoms with Crippen molar-refractivity contribution in [1.82, 2.24) is 0 Å². The van der Waals surface area contributed by atoms with Gasteiger partial charge in [0.1, 0.15) is 0 Å². The van der Waals surface area contributed by atoms with Gasteiger partial charge in [-0.2, -0.15) is 4.57 Å². The SMILES string of the molecule is CC(C)(C)c1cc(-c2ccc[n+](-c3ccc(-c4ccccc4)cc3)c2)cc2ccccc12. The van der Waals surface area contributed by atoms with E-state index in [9.17, 15) is 0 Å². The quantitative estimate of drug-likeness (QED) is 0.266. The highest BCUT2D eigenvalue weighted by molar-refractivity contribution is 5.91. The average Bonchev–Trinajstić information content (AvgIpc) is 2.83. The zero-order valence-corrected chi connectivity index (χ0v) is 18.9. The second-order valence-electron chi connectivity index (χ2n) is 9.41. The molecule has 0 saturated carbocycles. The van der Waals surface area contributed by atoms with E-state index in [-0.39, 0.29) is 5.41 Å². The average molecular weight is 415 g/mol. The zero-order valence-electron chi connectivity index (χ0n) is 18.9. The van der Waals surface area contributed by atoms with E-state index in [2.05, 4.69) is 141 Å². The molecular weight excluding hydrogens is 386 g/mol. The Balaban J connectivity index is 1.56. The van der Waals surface area contributed by atoms with E-state index in [0.29, 0.717) is 0 Å². The van der Waals surface area contributed by atoms with Crippen LogP contribution < -0.4 is 4.57 Å². The summed E-state index contributed by atoms with van der Waals surface area (Å²) in [4.78, 5) is 0. The van der Waals surface area contributed by atoms with Crippen LogP contribution in [-0.4, -0.2) is 0 Å². The molecular formula is C31H28N+. The molecule has 0 bridgehead atoms. The smallest absolute Gasteiger partial charge is 0.167 e. The Hall–Kier alpha value is -3.71. The molecule has 4 aromatic carbocycles. The van der Waals surface area contributed by atoms with Crippen molar-refractivity contribution in [2.24, 2.45) is 0 Å². The van der Waals surface area contributed by atoms with Crippen molar-refractivity contribution in [3.8, 4) is 27.9 Å². The highest BCUT2D eigenvalue weighted by atomic mass is 14.9. The van der Waals surface area contributed by atoms with Crippen LogP contribution in [0.3, 0.4) is 0 Å². The lowest BCUT2D eigenvalue weighted by atomic mass is 9.82. The third kappa shape index (κ3) is 3.94. The Morgan fingerprint density at radius 1 is 0.562 bits per heavy atom. The first-order chi connectivity index (χ1) is 15.5. The Kier molecular flexibility index (Phi) is 5.11. The van der Waals surface area contributed by atoms with Crippen LogP contribution >= 0.6 is 0 Å². The first-order valence-electron chi connectivity index (χ1n) is 11.2. The first-order valence-corrected chi connectivity index (χ1v) is 11.2. The molecule has 0 aliphatic heterocycles. The lowest BCUT2D eigenvalue weighted by molar-refractivity contribution is -0.595. The van der Waals surface area contributed by atoms with Crippen molar-refractivity contribution >= 4 is 10.8 Å². The number of hydrogen-bond donors (Lipinski definition) is 0. The van der Waals surface area contributed by atoms with E-state index in [1.165, 1.54) is 38.6 Å². The Morgan fingerprint density at radius 3 is 1.97 bits per heavy atom. The van der Waals surface area contributed by atoms with Gasteiger partial charge in [-0.05, 0) is 68.8 Å². The summed E-state index contributed by atoms with van der Waals surface area (Å²) in [5.41, 5.74) is 7.56. The summed E-state index contributed by atoms with van der Waals surface area (Å²) in [6.07, 6.45) is 4.35. The predicted octanol–water partition coefficient (Wildman–Crippen LogP) is 7.75. The molecule has 0 N–H and O–H groups in total. The number of benzene rings is 4. The van der Waals surface area contributed by atoms with E-state index in [4.69, 9.17) is 0 Å². The van der Waals surface area contributed by atoms with E-state index in [1.54, 1.807) is 0 Å². The molecule has 32 heavy (non-hydrogen) atoms. The molecule has 0 amide bonds. The van der Waals surface area contributed by atoms with Crippen LogP contribution in [0.2, 0.25) is 0 Å². The molecule has 0 radical (unpaired) electrons. The monoisotopic (exact) mass is 414 g/mol. The molecule has 0 atom stereocenters. The van der Waals surface area contributed by atoms with Gasteiger partial charge in [0.2, 0.25) is 5.69 Å². The largest absolute Gasteiger partial charge is 0.210 e. The van der Waals surface area contributed by atoms with Crippen LogP contribution in [0.5, 0.6) is 0 Å². The molecule has 0 aliphatic rings. The van der Waals surface area contributed by atoms with Crippen molar-refractivity contribution in [2.45, 2.75) is 26.2 Å². The molecule has 0 unspecified atom stereocenters. The van der Waals surface area contributed by atoms with Crippen LogP contribution in [0.25, 0.3) is 38.7 Å². The molecule has 156 valence electrons. The van der Waals surface area contributed by atoms with Crippen molar-refractivity contribution in [2.75, 3.05) is 0 Å². The molecule has 0 saturated heterocycles. The van der Waals surface area contributed by atoms with Crippen LogP contribution in [0.1, 0.15) is 26.3 Å². The van der Waals surface area contributed by atoms with Gasteiger partial charge in [0.05, 0.1) is 0 Å². The second-order valence-corrected chi connectivity index (χ2v) is 9.41. The summed E-state index contributed by atoms with van der Waals surface area (Å²) in [5, 5.41) is 2.63. The van der Waals surface area contributed by atoms with Crippen LogP contribution in [0.4, 0.5) is 0 Å². The highest BCUT2D eigenvalue weighted by Gasteiger charge is 2.19. The lowest BCUT2D eigenvalue weighted by Gasteiger charge is -2.22. The summed E-state index contributed by atoms with van der Waals surface area (Å²) < 4.78 is 2.20. The van der Waals surface area contributed by atoms with Gasteiger partial charge in [-0.3, -0.25) is 0 Å². The topological polar surface area (TPSA) is 3.88 Å². The van der Waals surface area contributed by atoms with Gasteiger partial charge >= 0.3 is 0 Å². The minimum absolute atomic E-state index is 0.0770. The Morgan fingerprint density at radius 2 is 1.22 bits per heavy atom. The summed E-state index contributed by atoms with van der Waals surface area (Å²) in [7, 11) is 0. The standard InChI is InChI=1S/C31H28N/c1-31(2,3)30-21-27(20-25-12-7-8-14-29(25)30)26-13-9-19-32(22-26)28-17-15-24(16-18-28)23-10-5-4-6-11-23/h4-22H,1-3H3/q+1. The van der Waals surface area contributed by atoms with Gasteiger partial charge in [-0.15, -0.1) is 0 Å². The molecule has 0 fully saturated rings. The van der Waals surface area contributed by atoms with Gasteiger partial charge in [-0.25, -0.2) is 0 Å². The number of aromatic nitrogens is 1. The fraction of sp³-hybridized carbons (Fsp3) is 0.129. The Bertz CT molecular complexity index is 1370. The minimum atomic E-state index is 0.0770. The second kappa shape index (κ2) is 8.09. The van der Waals surface area contributed by atoms with Gasteiger partial charge in [0, 0.05) is 23.8 Å². The zero-order chi connectivity index (χ0) is 22.1. The van der Waals surface area contributed by atoms with Crippen molar-refractivity contribution in [1.29, 1.82) is 0 Å². The minimum Gasteiger partial charge on any atom is -0.167 e. The molecule has 1 aromatic heterocycles. The van der Waals surface area contributed by atoms with Gasteiger partial charge in [0.15, 0.2) is 12.4 Å². The third-order valence-electron chi connectivity index (χ3n) is 6.08. The lowest BCUT2D eigenvalue weighted by Crippen LogP contribution is -2.29. The summed E-state index contributed by atoms with van der Waals surface area (Å²) in [5.74, 6) is 0. The van der Waals surface area contributed by atoms with Crippen LogP contribution in [0, 0.1) is 0 Å². The highest BCUT2D eigenvalue weighted by Crippen LogP contribution is 2.34. The van der Waals surface area contributed by atoms with Crippen molar-refractivity contribution in [3.63, 3.8) is 0 Å². The maximum absolute atomic E-state index is 2.36. The molecule has 5 aromatic rings. The van der Waals surface area contributed by atoms with Gasteiger partial charge in [-0.1, -0.05) is 75.4 Å². The van der Waals surface area contributed by atoms with Crippen molar-refractivity contribution in [3.05, 3.63) is 121 Å².